The molecule has 3 heteroatoms. The lowest BCUT2D eigenvalue weighted by Crippen LogP contribution is -1.96. The summed E-state index contributed by atoms with van der Waals surface area (Å²) in [4.78, 5) is 3.99. The zero-order valence-electron chi connectivity index (χ0n) is 11.5. The summed E-state index contributed by atoms with van der Waals surface area (Å²) in [6.07, 6.45) is 9.62. The second-order valence-electron chi connectivity index (χ2n) is 4.77. The van der Waals surface area contributed by atoms with E-state index in [9.17, 15) is 0 Å². The van der Waals surface area contributed by atoms with Crippen LogP contribution < -0.4 is 4.74 Å². The van der Waals surface area contributed by atoms with Crippen LogP contribution in [0, 0.1) is 0 Å². The maximum atomic E-state index is 5.65. The zero-order valence-corrected chi connectivity index (χ0v) is 11.5. The number of nitrogens with zero attached hydrogens (tertiary/aromatic N) is 2. The van der Waals surface area contributed by atoms with Crippen molar-refractivity contribution in [2.24, 2.45) is 0 Å². The van der Waals surface area contributed by atoms with Gasteiger partial charge >= 0.3 is 0 Å². The maximum Gasteiger partial charge on any atom is 0.119 e. The highest BCUT2D eigenvalue weighted by Crippen LogP contribution is 2.18. The summed E-state index contributed by atoms with van der Waals surface area (Å²) in [6.45, 7) is 5.80. The molecule has 0 fully saturated rings. The Morgan fingerprint density at radius 2 is 2.00 bits per heavy atom. The molecule has 1 aromatic heterocycles. The van der Waals surface area contributed by atoms with Gasteiger partial charge in [0.15, 0.2) is 0 Å². The standard InChI is InChI=1S/C16H20N2O/c1-14(2)15-5-7-16(8-6-15)19-12-4-3-10-18-11-9-17-13-18/h3-9,11,13-14H,10,12H2,1-2H3. The number of allylic oxidation sites excluding steroid dienone is 1. The third kappa shape index (κ3) is 4.28. The largest absolute Gasteiger partial charge is 0.490 e. The number of aromatic nitrogens is 2. The molecule has 100 valence electrons. The van der Waals surface area contributed by atoms with Gasteiger partial charge in [0.1, 0.15) is 12.4 Å². The third-order valence-corrected chi connectivity index (χ3v) is 2.94. The van der Waals surface area contributed by atoms with Crippen molar-refractivity contribution in [3.05, 3.63) is 60.7 Å². The lowest BCUT2D eigenvalue weighted by molar-refractivity contribution is 0.362. The van der Waals surface area contributed by atoms with Crippen molar-refractivity contribution in [3.8, 4) is 5.75 Å². The molecule has 0 spiro atoms. The van der Waals surface area contributed by atoms with Gasteiger partial charge in [-0.2, -0.15) is 0 Å². The number of hydrogen-bond acceptors (Lipinski definition) is 2. The number of rotatable bonds is 6. The third-order valence-electron chi connectivity index (χ3n) is 2.94. The van der Waals surface area contributed by atoms with E-state index in [0.29, 0.717) is 12.5 Å². The average molecular weight is 256 g/mol. The van der Waals surface area contributed by atoms with E-state index in [2.05, 4.69) is 37.0 Å². The van der Waals surface area contributed by atoms with Crippen LogP contribution in [0.25, 0.3) is 0 Å². The summed E-state index contributed by atoms with van der Waals surface area (Å²) in [5.41, 5.74) is 1.34. The average Bonchev–Trinajstić information content (AvgIpc) is 2.92. The smallest absolute Gasteiger partial charge is 0.119 e. The van der Waals surface area contributed by atoms with E-state index < -0.39 is 0 Å². The van der Waals surface area contributed by atoms with Crippen molar-refractivity contribution in [2.45, 2.75) is 26.3 Å². The Balaban J connectivity index is 1.74. The van der Waals surface area contributed by atoms with Crippen LogP contribution in [0.15, 0.2) is 55.1 Å². The molecule has 1 aromatic carbocycles. The highest BCUT2D eigenvalue weighted by atomic mass is 16.5. The minimum Gasteiger partial charge on any atom is -0.490 e. The van der Waals surface area contributed by atoms with E-state index in [4.69, 9.17) is 4.74 Å². The van der Waals surface area contributed by atoms with Crippen molar-refractivity contribution < 1.29 is 4.74 Å². The second-order valence-corrected chi connectivity index (χ2v) is 4.77. The van der Waals surface area contributed by atoms with Crippen molar-refractivity contribution in [3.63, 3.8) is 0 Å². The van der Waals surface area contributed by atoms with Gasteiger partial charge in [-0.3, -0.25) is 0 Å². The Labute approximate surface area is 114 Å². The second kappa shape index (κ2) is 6.78. The molecule has 0 saturated heterocycles. The molecule has 2 rings (SSSR count). The number of ether oxygens (including phenoxy) is 1. The van der Waals surface area contributed by atoms with Crippen LogP contribution in [-0.4, -0.2) is 16.2 Å². The van der Waals surface area contributed by atoms with Gasteiger partial charge in [-0.1, -0.05) is 32.1 Å². The first-order chi connectivity index (χ1) is 9.25. The summed E-state index contributed by atoms with van der Waals surface area (Å²) in [5, 5.41) is 0. The fourth-order valence-electron chi connectivity index (χ4n) is 1.75. The topological polar surface area (TPSA) is 27.1 Å². The molecule has 0 amide bonds. The Morgan fingerprint density at radius 3 is 2.63 bits per heavy atom. The molecule has 3 nitrogen and oxygen atoms in total. The fraction of sp³-hybridized carbons (Fsp3) is 0.312. The minimum absolute atomic E-state index is 0.559. The van der Waals surface area contributed by atoms with Gasteiger partial charge in [0.25, 0.3) is 0 Å². The van der Waals surface area contributed by atoms with Crippen LogP contribution in [0.2, 0.25) is 0 Å². The molecule has 0 bridgehead atoms. The van der Waals surface area contributed by atoms with Crippen LogP contribution in [0.5, 0.6) is 5.75 Å². The van der Waals surface area contributed by atoms with Crippen molar-refractivity contribution in [2.75, 3.05) is 6.61 Å². The maximum absolute atomic E-state index is 5.65. The lowest BCUT2D eigenvalue weighted by atomic mass is 10.0. The molecule has 0 N–H and O–H groups in total. The van der Waals surface area contributed by atoms with Gasteiger partial charge in [0.05, 0.1) is 6.33 Å². The van der Waals surface area contributed by atoms with Crippen LogP contribution in [0.4, 0.5) is 0 Å². The molecule has 0 unspecified atom stereocenters. The Morgan fingerprint density at radius 1 is 1.21 bits per heavy atom. The van der Waals surface area contributed by atoms with E-state index in [1.165, 1.54) is 5.56 Å². The Bertz CT molecular complexity index is 498. The molecular formula is C16H20N2O. The lowest BCUT2D eigenvalue weighted by Gasteiger charge is -2.07. The number of imidazole rings is 1. The fourth-order valence-corrected chi connectivity index (χ4v) is 1.75. The first kappa shape index (κ1) is 13.4. The van der Waals surface area contributed by atoms with Crippen molar-refractivity contribution in [1.82, 2.24) is 9.55 Å². The van der Waals surface area contributed by atoms with E-state index in [0.717, 1.165) is 12.3 Å². The molecule has 0 saturated carbocycles. The SMILES string of the molecule is CC(C)c1ccc(OCC=CCn2ccnc2)cc1. The van der Waals surface area contributed by atoms with Crippen molar-refractivity contribution >= 4 is 0 Å². The van der Waals surface area contributed by atoms with Gasteiger partial charge in [-0.15, -0.1) is 0 Å². The number of hydrogen-bond donors (Lipinski definition) is 0. The van der Waals surface area contributed by atoms with E-state index >= 15 is 0 Å². The van der Waals surface area contributed by atoms with Gasteiger partial charge in [0.2, 0.25) is 0 Å². The summed E-state index contributed by atoms with van der Waals surface area (Å²) >= 11 is 0. The van der Waals surface area contributed by atoms with Gasteiger partial charge < -0.3 is 9.30 Å². The van der Waals surface area contributed by atoms with Crippen molar-refractivity contribution in [1.29, 1.82) is 0 Å². The Kier molecular flexibility index (Phi) is 4.78. The molecule has 0 atom stereocenters. The number of benzene rings is 1. The summed E-state index contributed by atoms with van der Waals surface area (Å²) in [7, 11) is 0. The van der Waals surface area contributed by atoms with Gasteiger partial charge in [-0.05, 0) is 29.7 Å². The summed E-state index contributed by atoms with van der Waals surface area (Å²) < 4.78 is 7.66. The van der Waals surface area contributed by atoms with Crippen LogP contribution in [-0.2, 0) is 6.54 Å². The molecule has 0 aliphatic carbocycles. The molecule has 1 heterocycles. The highest BCUT2D eigenvalue weighted by molar-refractivity contribution is 5.28. The van der Waals surface area contributed by atoms with Crippen LogP contribution in [0.3, 0.4) is 0 Å². The summed E-state index contributed by atoms with van der Waals surface area (Å²) in [5.74, 6) is 1.47. The molecular weight excluding hydrogens is 236 g/mol. The quantitative estimate of drug-likeness (QED) is 0.738. The minimum atomic E-state index is 0.559. The molecule has 2 aromatic rings. The zero-order chi connectivity index (χ0) is 13.5. The monoisotopic (exact) mass is 256 g/mol. The van der Waals surface area contributed by atoms with Crippen LogP contribution in [0.1, 0.15) is 25.3 Å². The highest BCUT2D eigenvalue weighted by Gasteiger charge is 1.98. The van der Waals surface area contributed by atoms with Gasteiger partial charge in [-0.25, -0.2) is 4.98 Å². The summed E-state index contributed by atoms with van der Waals surface area (Å²) in [6, 6.07) is 8.29. The predicted octanol–water partition coefficient (Wildman–Crippen LogP) is 3.64. The molecule has 0 aliphatic heterocycles. The normalized spacial score (nSPS) is 11.3. The van der Waals surface area contributed by atoms with E-state index in [1.54, 1.807) is 12.5 Å². The van der Waals surface area contributed by atoms with Gasteiger partial charge in [0, 0.05) is 18.9 Å². The predicted molar refractivity (Wildman–Crippen MR) is 77.4 cm³/mol. The van der Waals surface area contributed by atoms with E-state index in [1.807, 2.05) is 29.0 Å². The Hall–Kier alpha value is -2.03. The molecule has 0 radical (unpaired) electrons. The van der Waals surface area contributed by atoms with Crippen LogP contribution >= 0.6 is 0 Å². The van der Waals surface area contributed by atoms with E-state index in [-0.39, 0.29) is 0 Å². The first-order valence-electron chi connectivity index (χ1n) is 6.59. The first-order valence-corrected chi connectivity index (χ1v) is 6.59. The molecule has 19 heavy (non-hydrogen) atoms. The molecule has 0 aliphatic rings.